The normalized spacial score (nSPS) is 18.4. The highest BCUT2D eigenvalue weighted by molar-refractivity contribution is 7.10. The van der Waals surface area contributed by atoms with Crippen molar-refractivity contribution in [1.29, 1.82) is 0 Å². The first-order valence-electron chi connectivity index (χ1n) is 9.89. The quantitative estimate of drug-likeness (QED) is 0.387. The molecule has 1 aliphatic heterocycles. The van der Waals surface area contributed by atoms with E-state index in [1.165, 1.54) is 16.2 Å². The van der Waals surface area contributed by atoms with Crippen LogP contribution in [-0.4, -0.2) is 48.6 Å². The summed E-state index contributed by atoms with van der Waals surface area (Å²) in [5.74, 6) is -0.372. The van der Waals surface area contributed by atoms with E-state index in [9.17, 15) is 14.7 Å². The summed E-state index contributed by atoms with van der Waals surface area (Å²) in [5, 5.41) is 13.0. The number of thiophene rings is 1. The molecule has 0 bridgehead atoms. The van der Waals surface area contributed by atoms with Crippen LogP contribution in [0, 0.1) is 12.8 Å². The molecule has 7 heteroatoms. The maximum atomic E-state index is 12.9. The van der Waals surface area contributed by atoms with Gasteiger partial charge in [0.25, 0.3) is 11.7 Å². The number of likely N-dealkylation sites (tertiary alicyclic amines) is 1. The minimum absolute atomic E-state index is 0.109. The summed E-state index contributed by atoms with van der Waals surface area (Å²) < 4.78 is 10.9. The van der Waals surface area contributed by atoms with Crippen LogP contribution in [0.2, 0.25) is 0 Å². The number of methoxy groups -OCH3 is 1. The number of ether oxygens (including phenoxy) is 2. The monoisotopic (exact) mass is 429 g/mol. The van der Waals surface area contributed by atoms with Gasteiger partial charge in [-0.2, -0.15) is 0 Å². The van der Waals surface area contributed by atoms with Gasteiger partial charge in [-0.25, -0.2) is 0 Å². The minimum atomic E-state index is -0.679. The molecule has 3 rings (SSSR count). The van der Waals surface area contributed by atoms with Crippen LogP contribution in [0.1, 0.15) is 35.9 Å². The molecular formula is C23H27NO5S. The van der Waals surface area contributed by atoms with Crippen molar-refractivity contribution >= 4 is 28.8 Å². The van der Waals surface area contributed by atoms with Crippen LogP contribution in [-0.2, 0) is 14.3 Å². The lowest BCUT2D eigenvalue weighted by Gasteiger charge is -2.23. The number of aliphatic hydroxyl groups excluding tert-OH is 1. The molecule has 6 nitrogen and oxygen atoms in total. The maximum Gasteiger partial charge on any atom is 0.295 e. The lowest BCUT2D eigenvalue weighted by molar-refractivity contribution is -0.140. The highest BCUT2D eigenvalue weighted by Gasteiger charge is 2.46. The van der Waals surface area contributed by atoms with Crippen LogP contribution in [0.3, 0.4) is 0 Å². The molecule has 0 radical (unpaired) electrons. The highest BCUT2D eigenvalue weighted by Crippen LogP contribution is 2.41. The lowest BCUT2D eigenvalue weighted by Crippen LogP contribution is -2.32. The Labute approximate surface area is 180 Å². The average molecular weight is 430 g/mol. The van der Waals surface area contributed by atoms with Gasteiger partial charge in [0, 0.05) is 24.1 Å². The van der Waals surface area contributed by atoms with Crippen LogP contribution in [0.15, 0.2) is 41.3 Å². The third-order valence-corrected chi connectivity index (χ3v) is 5.85. The number of rotatable bonds is 8. The second kappa shape index (κ2) is 9.45. The lowest BCUT2D eigenvalue weighted by atomic mass is 9.97. The van der Waals surface area contributed by atoms with E-state index in [1.54, 1.807) is 19.2 Å². The zero-order chi connectivity index (χ0) is 21.8. The Morgan fingerprint density at radius 1 is 1.27 bits per heavy atom. The second-order valence-electron chi connectivity index (χ2n) is 7.68. The first-order chi connectivity index (χ1) is 14.3. The van der Waals surface area contributed by atoms with E-state index in [0.29, 0.717) is 30.4 Å². The average Bonchev–Trinajstić information content (AvgIpc) is 3.32. The fraction of sp³-hybridized carbons (Fsp3) is 0.391. The number of hydrogen-bond donors (Lipinski definition) is 1. The maximum absolute atomic E-state index is 12.9. The number of aryl methyl sites for hydroxylation is 1. The fourth-order valence-corrected chi connectivity index (χ4v) is 4.29. The second-order valence-corrected chi connectivity index (χ2v) is 8.66. The van der Waals surface area contributed by atoms with Crippen LogP contribution in [0.5, 0.6) is 5.75 Å². The first kappa shape index (κ1) is 22.1. The molecule has 1 atom stereocenters. The Morgan fingerprint density at radius 3 is 2.63 bits per heavy atom. The van der Waals surface area contributed by atoms with E-state index in [-0.39, 0.29) is 17.9 Å². The molecule has 0 saturated carbocycles. The number of Topliss-reactive ketones (excluding diaryl/α,β-unsaturated/α-hetero) is 1. The Bertz CT molecular complexity index is 949. The van der Waals surface area contributed by atoms with E-state index in [0.717, 1.165) is 10.4 Å². The molecule has 1 fully saturated rings. The van der Waals surface area contributed by atoms with Crippen molar-refractivity contribution in [3.63, 3.8) is 0 Å². The molecule has 1 amide bonds. The molecule has 2 aromatic rings. The van der Waals surface area contributed by atoms with Gasteiger partial charge in [0.1, 0.15) is 11.5 Å². The number of nitrogens with zero attached hydrogens (tertiary/aromatic N) is 1. The van der Waals surface area contributed by atoms with Gasteiger partial charge in [0.05, 0.1) is 24.8 Å². The number of benzene rings is 1. The van der Waals surface area contributed by atoms with Crippen LogP contribution in [0.25, 0.3) is 5.76 Å². The van der Waals surface area contributed by atoms with Crippen molar-refractivity contribution in [2.45, 2.75) is 26.8 Å². The molecule has 0 aliphatic carbocycles. The summed E-state index contributed by atoms with van der Waals surface area (Å²) in [6.07, 6.45) is 0. The van der Waals surface area contributed by atoms with Crippen molar-refractivity contribution in [3.8, 4) is 5.75 Å². The fourth-order valence-electron chi connectivity index (χ4n) is 3.44. The van der Waals surface area contributed by atoms with Crippen molar-refractivity contribution in [2.24, 2.45) is 5.92 Å². The predicted octanol–water partition coefficient (Wildman–Crippen LogP) is 4.16. The highest BCUT2D eigenvalue weighted by atomic mass is 32.1. The summed E-state index contributed by atoms with van der Waals surface area (Å²) in [5.41, 5.74) is 1.39. The van der Waals surface area contributed by atoms with Gasteiger partial charge in [-0.1, -0.05) is 19.9 Å². The number of amides is 1. The first-order valence-corrected chi connectivity index (χ1v) is 10.8. The molecule has 1 saturated heterocycles. The molecule has 1 aromatic carbocycles. The molecule has 1 aromatic heterocycles. The summed E-state index contributed by atoms with van der Waals surface area (Å²) in [6.45, 7) is 7.14. The van der Waals surface area contributed by atoms with Gasteiger partial charge >= 0.3 is 0 Å². The Hall–Kier alpha value is -2.64. The zero-order valence-corrected chi connectivity index (χ0v) is 18.5. The third kappa shape index (κ3) is 4.42. The van der Waals surface area contributed by atoms with Gasteiger partial charge in [0.2, 0.25) is 0 Å². The van der Waals surface area contributed by atoms with Crippen molar-refractivity contribution < 1.29 is 24.2 Å². The van der Waals surface area contributed by atoms with Gasteiger partial charge in [0.15, 0.2) is 0 Å². The largest absolute Gasteiger partial charge is 0.507 e. The zero-order valence-electron chi connectivity index (χ0n) is 17.7. The third-order valence-electron chi connectivity index (χ3n) is 4.93. The van der Waals surface area contributed by atoms with Gasteiger partial charge in [-0.15, -0.1) is 11.3 Å². The number of hydrogen-bond acceptors (Lipinski definition) is 6. The minimum Gasteiger partial charge on any atom is -0.507 e. The molecule has 0 spiro atoms. The van der Waals surface area contributed by atoms with E-state index in [4.69, 9.17) is 9.47 Å². The molecule has 1 aliphatic rings. The van der Waals surface area contributed by atoms with E-state index in [1.807, 2.05) is 30.5 Å². The Balaban J connectivity index is 2.03. The van der Waals surface area contributed by atoms with Crippen molar-refractivity contribution in [1.82, 2.24) is 4.90 Å². The Kier molecular flexibility index (Phi) is 6.95. The number of carbonyl (C=O) groups is 2. The van der Waals surface area contributed by atoms with Crippen molar-refractivity contribution in [3.05, 3.63) is 57.3 Å². The number of aliphatic hydroxyl groups is 1. The van der Waals surface area contributed by atoms with Gasteiger partial charge in [-0.05, 0) is 48.1 Å². The van der Waals surface area contributed by atoms with E-state index >= 15 is 0 Å². The molecule has 1 N–H and O–H groups in total. The predicted molar refractivity (Wildman–Crippen MR) is 117 cm³/mol. The smallest absolute Gasteiger partial charge is 0.295 e. The summed E-state index contributed by atoms with van der Waals surface area (Å²) >= 11 is 1.44. The van der Waals surface area contributed by atoms with Crippen LogP contribution >= 0.6 is 11.3 Å². The van der Waals surface area contributed by atoms with Gasteiger partial charge in [-0.3, -0.25) is 9.59 Å². The molecule has 30 heavy (non-hydrogen) atoms. The molecule has 160 valence electrons. The summed E-state index contributed by atoms with van der Waals surface area (Å²) in [4.78, 5) is 27.9. The van der Waals surface area contributed by atoms with Crippen LogP contribution < -0.4 is 4.74 Å². The van der Waals surface area contributed by atoms with Crippen molar-refractivity contribution in [2.75, 3.05) is 26.9 Å². The van der Waals surface area contributed by atoms with E-state index in [2.05, 4.69) is 13.8 Å². The molecule has 0 unspecified atom stereocenters. The standard InChI is InChI=1S/C23H27NO5S/c1-14(2)13-29-16-7-8-17(15(3)12-16)21(25)19-20(18-6-5-11-30-18)24(9-10-28-4)23(27)22(19)26/h5-8,11-12,14,20,25H,9-10,13H2,1-4H3/b21-19+/t20-/m0/s1. The molecular weight excluding hydrogens is 402 g/mol. The SMILES string of the molecule is COCCN1C(=O)C(=O)/C(=C(/O)c2ccc(OCC(C)C)cc2C)[C@@H]1c1cccs1. The molecule has 2 heterocycles. The van der Waals surface area contributed by atoms with Gasteiger partial charge < -0.3 is 19.5 Å². The summed E-state index contributed by atoms with van der Waals surface area (Å²) in [7, 11) is 1.54. The van der Waals surface area contributed by atoms with E-state index < -0.39 is 17.7 Å². The number of ketones is 1. The number of carbonyl (C=O) groups excluding carboxylic acids is 2. The topological polar surface area (TPSA) is 76.1 Å². The van der Waals surface area contributed by atoms with Crippen LogP contribution in [0.4, 0.5) is 0 Å². The Morgan fingerprint density at radius 2 is 2.03 bits per heavy atom. The summed E-state index contributed by atoms with van der Waals surface area (Å²) in [6, 6.07) is 8.43.